The van der Waals surface area contributed by atoms with Crippen LogP contribution in [0.1, 0.15) is 73.9 Å². The average molecular weight is 578 g/mol. The van der Waals surface area contributed by atoms with Crippen molar-refractivity contribution in [2.24, 2.45) is 11.8 Å². The van der Waals surface area contributed by atoms with Crippen LogP contribution in [-0.2, 0) is 22.6 Å². The molecule has 6 rings (SSSR count). The zero-order valence-corrected chi connectivity index (χ0v) is 25.4. The van der Waals surface area contributed by atoms with E-state index >= 15 is 0 Å². The van der Waals surface area contributed by atoms with Gasteiger partial charge >= 0.3 is 6.09 Å². The summed E-state index contributed by atoms with van der Waals surface area (Å²) in [6.07, 6.45) is 7.41. The van der Waals surface area contributed by atoms with E-state index in [0.717, 1.165) is 109 Å². The second kappa shape index (κ2) is 12.8. The maximum atomic E-state index is 13.1. The average Bonchev–Trinajstić information content (AvgIpc) is 3.48. The molecule has 2 amide bonds. The zero-order valence-electron chi connectivity index (χ0n) is 25.4. The summed E-state index contributed by atoms with van der Waals surface area (Å²) in [6.45, 7) is 11.1. The number of ether oxygens (including phenoxy) is 1. The molecule has 4 fully saturated rings. The minimum Gasteiger partial charge on any atom is -0.441 e. The first-order chi connectivity index (χ1) is 20.4. The standard InChI is InChI=1S/C33H47N5O4/c1-24-30(25(2)42-35-24)22-37-18-14-33(15-19-37)23-38(32(40)41-33)21-27-8-10-28(11-9-27)31(39)34-29-12-16-36(17-13-29)20-26-6-4-3-5-7-26/h3-7,27-29H,8-23H2,1-2H3,(H,34,39). The van der Waals surface area contributed by atoms with Crippen molar-refractivity contribution in [1.82, 2.24) is 25.2 Å². The number of hydrogen-bond donors (Lipinski definition) is 1. The molecule has 1 N–H and O–H groups in total. The van der Waals surface area contributed by atoms with Crippen LogP contribution in [0.5, 0.6) is 0 Å². The fraction of sp³-hybridized carbons (Fsp3) is 0.667. The zero-order chi connectivity index (χ0) is 29.1. The van der Waals surface area contributed by atoms with E-state index in [1.807, 2.05) is 18.7 Å². The first-order valence-electron chi connectivity index (χ1n) is 16.0. The molecule has 3 aliphatic heterocycles. The van der Waals surface area contributed by atoms with E-state index in [0.29, 0.717) is 12.5 Å². The van der Waals surface area contributed by atoms with Gasteiger partial charge in [-0.05, 0) is 63.9 Å². The lowest BCUT2D eigenvalue weighted by atomic mass is 9.81. The highest BCUT2D eigenvalue weighted by molar-refractivity contribution is 5.79. The highest BCUT2D eigenvalue weighted by atomic mass is 16.6. The number of carbonyl (C=O) groups is 2. The Hall–Kier alpha value is -2.91. The third kappa shape index (κ3) is 6.83. The number of likely N-dealkylation sites (tertiary alicyclic amines) is 2. The van der Waals surface area contributed by atoms with Crippen molar-refractivity contribution in [2.45, 2.75) is 89.9 Å². The smallest absolute Gasteiger partial charge is 0.410 e. The summed E-state index contributed by atoms with van der Waals surface area (Å²) in [4.78, 5) is 32.8. The summed E-state index contributed by atoms with van der Waals surface area (Å²) in [5.41, 5.74) is 3.12. The van der Waals surface area contributed by atoms with Gasteiger partial charge in [-0.1, -0.05) is 35.5 Å². The molecule has 1 spiro atoms. The lowest BCUT2D eigenvalue weighted by Gasteiger charge is -2.37. The van der Waals surface area contributed by atoms with Crippen molar-refractivity contribution in [3.8, 4) is 0 Å². The molecule has 1 aromatic heterocycles. The highest BCUT2D eigenvalue weighted by Gasteiger charge is 2.47. The Bertz CT molecular complexity index is 1190. The summed E-state index contributed by atoms with van der Waals surface area (Å²) in [5.74, 6) is 1.66. The molecule has 0 atom stereocenters. The quantitative estimate of drug-likeness (QED) is 0.488. The number of nitrogens with one attached hydrogen (secondary N) is 1. The normalized spacial score (nSPS) is 25.6. The number of nitrogens with zero attached hydrogens (tertiary/aromatic N) is 4. The lowest BCUT2D eigenvalue weighted by Crippen LogP contribution is -2.47. The van der Waals surface area contributed by atoms with Gasteiger partial charge in [0.2, 0.25) is 5.91 Å². The van der Waals surface area contributed by atoms with E-state index in [1.54, 1.807) is 0 Å². The third-order valence-corrected chi connectivity index (χ3v) is 10.3. The van der Waals surface area contributed by atoms with Gasteiger partial charge in [-0.3, -0.25) is 14.6 Å². The third-order valence-electron chi connectivity index (χ3n) is 10.3. The molecule has 1 aliphatic carbocycles. The van der Waals surface area contributed by atoms with Crippen molar-refractivity contribution in [3.63, 3.8) is 0 Å². The van der Waals surface area contributed by atoms with Crippen LogP contribution in [0.15, 0.2) is 34.9 Å². The first kappa shape index (κ1) is 29.2. The van der Waals surface area contributed by atoms with E-state index in [-0.39, 0.29) is 29.6 Å². The second-order valence-corrected chi connectivity index (χ2v) is 13.3. The van der Waals surface area contributed by atoms with Crippen LogP contribution in [0, 0.1) is 25.7 Å². The molecule has 0 radical (unpaired) electrons. The Labute approximate surface area is 249 Å². The van der Waals surface area contributed by atoms with Crippen LogP contribution in [0.4, 0.5) is 4.79 Å². The Morgan fingerprint density at radius 1 is 0.952 bits per heavy atom. The van der Waals surface area contributed by atoms with Crippen LogP contribution < -0.4 is 5.32 Å². The van der Waals surface area contributed by atoms with Gasteiger partial charge in [-0.25, -0.2) is 4.79 Å². The van der Waals surface area contributed by atoms with Crippen LogP contribution >= 0.6 is 0 Å². The van der Waals surface area contributed by atoms with Gasteiger partial charge in [0, 0.05) is 76.2 Å². The number of amides is 2. The molecule has 228 valence electrons. The van der Waals surface area contributed by atoms with Crippen LogP contribution in [0.25, 0.3) is 0 Å². The summed E-state index contributed by atoms with van der Waals surface area (Å²) in [5, 5.41) is 7.45. The molecule has 4 aliphatic rings. The van der Waals surface area contributed by atoms with E-state index in [2.05, 4.69) is 50.6 Å². The van der Waals surface area contributed by atoms with Gasteiger partial charge in [0.1, 0.15) is 11.4 Å². The van der Waals surface area contributed by atoms with Crippen molar-refractivity contribution < 1.29 is 18.8 Å². The van der Waals surface area contributed by atoms with Gasteiger partial charge in [0.15, 0.2) is 0 Å². The Kier molecular flexibility index (Phi) is 8.86. The molecule has 9 heteroatoms. The number of piperidine rings is 2. The fourth-order valence-corrected chi connectivity index (χ4v) is 7.48. The maximum absolute atomic E-state index is 13.1. The number of rotatable bonds is 8. The van der Waals surface area contributed by atoms with Crippen LogP contribution in [0.3, 0.4) is 0 Å². The molecule has 9 nitrogen and oxygen atoms in total. The van der Waals surface area contributed by atoms with Gasteiger partial charge < -0.3 is 19.5 Å². The number of aryl methyl sites for hydroxylation is 2. The topological polar surface area (TPSA) is 91.2 Å². The summed E-state index contributed by atoms with van der Waals surface area (Å²) in [6, 6.07) is 10.9. The SMILES string of the molecule is Cc1noc(C)c1CN1CCC2(CC1)CN(CC1CCC(C(=O)NC3CCN(Cc4ccccc4)CC3)CC1)C(=O)O2. The molecule has 4 heterocycles. The fourth-order valence-electron chi connectivity index (χ4n) is 7.48. The summed E-state index contributed by atoms with van der Waals surface area (Å²) >= 11 is 0. The highest BCUT2D eigenvalue weighted by Crippen LogP contribution is 2.36. The van der Waals surface area contributed by atoms with E-state index in [4.69, 9.17) is 9.26 Å². The minimum atomic E-state index is -0.361. The van der Waals surface area contributed by atoms with Gasteiger partial charge in [-0.2, -0.15) is 0 Å². The van der Waals surface area contributed by atoms with Gasteiger partial charge in [0.05, 0.1) is 12.2 Å². The molecular weight excluding hydrogens is 530 g/mol. The van der Waals surface area contributed by atoms with E-state index in [1.165, 1.54) is 11.1 Å². The van der Waals surface area contributed by atoms with Crippen LogP contribution in [0.2, 0.25) is 0 Å². The molecule has 2 aromatic rings. The van der Waals surface area contributed by atoms with Crippen molar-refractivity contribution in [2.75, 3.05) is 39.3 Å². The lowest BCUT2D eigenvalue weighted by molar-refractivity contribution is -0.127. The molecule has 3 saturated heterocycles. The number of carbonyl (C=O) groups excluding carboxylic acids is 2. The predicted molar refractivity (Wildman–Crippen MR) is 160 cm³/mol. The van der Waals surface area contributed by atoms with E-state index < -0.39 is 0 Å². The van der Waals surface area contributed by atoms with Crippen LogP contribution in [-0.4, -0.2) is 82.8 Å². The number of benzene rings is 1. The first-order valence-corrected chi connectivity index (χ1v) is 16.0. The maximum Gasteiger partial charge on any atom is 0.410 e. The predicted octanol–water partition coefficient (Wildman–Crippen LogP) is 4.67. The number of hydrogen-bond acceptors (Lipinski definition) is 7. The molecule has 1 saturated carbocycles. The second-order valence-electron chi connectivity index (χ2n) is 13.3. The number of aromatic nitrogens is 1. The molecular formula is C33H47N5O4. The minimum absolute atomic E-state index is 0.0995. The Balaban J connectivity index is 0.896. The van der Waals surface area contributed by atoms with Crippen molar-refractivity contribution in [1.29, 1.82) is 0 Å². The monoisotopic (exact) mass is 577 g/mol. The van der Waals surface area contributed by atoms with Crippen molar-refractivity contribution >= 4 is 12.0 Å². The summed E-state index contributed by atoms with van der Waals surface area (Å²) in [7, 11) is 0. The molecule has 1 aromatic carbocycles. The Morgan fingerprint density at radius 2 is 1.64 bits per heavy atom. The van der Waals surface area contributed by atoms with Crippen molar-refractivity contribution in [3.05, 3.63) is 52.9 Å². The van der Waals surface area contributed by atoms with Gasteiger partial charge in [-0.15, -0.1) is 0 Å². The van der Waals surface area contributed by atoms with E-state index in [9.17, 15) is 9.59 Å². The molecule has 42 heavy (non-hydrogen) atoms. The van der Waals surface area contributed by atoms with Gasteiger partial charge in [0.25, 0.3) is 0 Å². The molecule has 0 bridgehead atoms. The molecule has 0 unspecified atom stereocenters. The largest absolute Gasteiger partial charge is 0.441 e. The Morgan fingerprint density at radius 3 is 2.31 bits per heavy atom. The summed E-state index contributed by atoms with van der Waals surface area (Å²) < 4.78 is 11.3.